The molecule has 3 rings (SSSR count). The van der Waals surface area contributed by atoms with Gasteiger partial charge in [0, 0.05) is 25.7 Å². The summed E-state index contributed by atoms with van der Waals surface area (Å²) in [6.07, 6.45) is 7.85. The molecule has 2 aliphatic rings. The molecule has 1 aliphatic heterocycles. The molecule has 0 radical (unpaired) electrons. The Bertz CT molecular complexity index is 540. The number of hydrogen-bond acceptors (Lipinski definition) is 2. The quantitative estimate of drug-likeness (QED) is 0.889. The highest BCUT2D eigenvalue weighted by molar-refractivity contribution is 5.74. The lowest BCUT2D eigenvalue weighted by molar-refractivity contribution is 0.0785. The van der Waals surface area contributed by atoms with Gasteiger partial charge >= 0.3 is 6.03 Å². The van der Waals surface area contributed by atoms with Crippen molar-refractivity contribution in [1.29, 1.82) is 0 Å². The first-order valence-corrected chi connectivity index (χ1v) is 9.12. The second-order valence-electron chi connectivity index (χ2n) is 6.93. The molecule has 1 saturated heterocycles. The van der Waals surface area contributed by atoms with Gasteiger partial charge in [-0.05, 0) is 43.4 Å². The number of urea groups is 1. The first-order valence-electron chi connectivity index (χ1n) is 9.12. The van der Waals surface area contributed by atoms with E-state index in [1.807, 2.05) is 6.07 Å². The maximum Gasteiger partial charge on any atom is 0.318 e. The Balaban J connectivity index is 1.64. The summed E-state index contributed by atoms with van der Waals surface area (Å²) in [6, 6.07) is 6.69. The third-order valence-electron chi connectivity index (χ3n) is 4.93. The number of hydrogen-bond donors (Lipinski definition) is 1. The average molecular weight is 334 g/mol. The summed E-state index contributed by atoms with van der Waals surface area (Å²) in [7, 11) is 0. The summed E-state index contributed by atoms with van der Waals surface area (Å²) in [5, 5.41) is 3.17. The van der Waals surface area contributed by atoms with Crippen LogP contribution < -0.4 is 5.32 Å². The molecule has 2 fully saturated rings. The number of nitrogens with one attached hydrogen (secondary N) is 1. The molecule has 1 saturated carbocycles. The minimum atomic E-state index is -0.266. The molecule has 1 aromatic rings. The fraction of sp³-hybridized carbons (Fsp3) is 0.632. The molecule has 0 aromatic heterocycles. The Labute approximate surface area is 143 Å². The number of halogens is 1. The lowest BCUT2D eigenvalue weighted by Crippen LogP contribution is -2.47. The highest BCUT2D eigenvalue weighted by Crippen LogP contribution is 2.19. The molecular weight excluding hydrogens is 307 g/mol. The van der Waals surface area contributed by atoms with E-state index in [-0.39, 0.29) is 24.0 Å². The zero-order valence-electron chi connectivity index (χ0n) is 14.2. The van der Waals surface area contributed by atoms with Crippen LogP contribution in [0.15, 0.2) is 24.3 Å². The third-order valence-corrected chi connectivity index (χ3v) is 4.93. The molecule has 0 bridgehead atoms. The van der Waals surface area contributed by atoms with Crippen LogP contribution in [0.4, 0.5) is 9.18 Å². The molecule has 4 nitrogen and oxygen atoms in total. The molecule has 24 heavy (non-hydrogen) atoms. The number of nitrogens with zero attached hydrogens (tertiary/aromatic N) is 1. The van der Waals surface area contributed by atoms with Crippen LogP contribution >= 0.6 is 0 Å². The van der Waals surface area contributed by atoms with Crippen LogP contribution in [0, 0.1) is 5.82 Å². The van der Waals surface area contributed by atoms with Crippen LogP contribution in [0.2, 0.25) is 0 Å². The Morgan fingerprint density at radius 1 is 1.21 bits per heavy atom. The molecular formula is C19H27FN2O2. The zero-order valence-corrected chi connectivity index (χ0v) is 14.2. The molecule has 5 heteroatoms. The second kappa shape index (κ2) is 8.47. The molecule has 1 aromatic carbocycles. The third kappa shape index (κ3) is 4.94. The Kier molecular flexibility index (Phi) is 6.07. The number of rotatable bonds is 5. The molecule has 1 aliphatic carbocycles. The van der Waals surface area contributed by atoms with E-state index in [4.69, 9.17) is 4.74 Å². The average Bonchev–Trinajstić information content (AvgIpc) is 3.08. The van der Waals surface area contributed by atoms with Gasteiger partial charge in [0.2, 0.25) is 0 Å². The van der Waals surface area contributed by atoms with Gasteiger partial charge in [-0.3, -0.25) is 0 Å². The van der Waals surface area contributed by atoms with Crippen LogP contribution in [0.1, 0.15) is 50.5 Å². The van der Waals surface area contributed by atoms with Crippen molar-refractivity contribution in [3.05, 3.63) is 35.6 Å². The van der Waals surface area contributed by atoms with Crippen molar-refractivity contribution < 1.29 is 13.9 Å². The summed E-state index contributed by atoms with van der Waals surface area (Å²) in [4.78, 5) is 14.5. The Morgan fingerprint density at radius 3 is 2.75 bits per heavy atom. The Morgan fingerprint density at radius 2 is 2.04 bits per heavy atom. The lowest BCUT2D eigenvalue weighted by Gasteiger charge is -2.30. The first-order chi connectivity index (χ1) is 11.7. The molecule has 132 valence electrons. The van der Waals surface area contributed by atoms with Crippen molar-refractivity contribution in [3.63, 3.8) is 0 Å². The maximum atomic E-state index is 13.5. The van der Waals surface area contributed by atoms with Gasteiger partial charge in [0.25, 0.3) is 0 Å². The molecule has 1 unspecified atom stereocenters. The lowest BCUT2D eigenvalue weighted by atomic mass is 9.96. The standard InChI is InChI=1S/C19H27FN2O2/c20-16-7-4-6-15(12-16)13-22(14-18-10-5-11-24-18)19(23)21-17-8-2-1-3-9-17/h4,6-7,12,17-18H,1-3,5,8-11,13-14H2,(H,21,23). The monoisotopic (exact) mass is 334 g/mol. The number of carbonyl (C=O) groups is 1. The SMILES string of the molecule is O=C(NC1CCCCC1)N(Cc1cccc(F)c1)CC1CCCO1. The van der Waals surface area contributed by atoms with Crippen LogP contribution in [0.3, 0.4) is 0 Å². The van der Waals surface area contributed by atoms with Gasteiger partial charge in [-0.2, -0.15) is 0 Å². The van der Waals surface area contributed by atoms with Crippen LogP contribution in [0.5, 0.6) is 0 Å². The summed E-state index contributed by atoms with van der Waals surface area (Å²) < 4.78 is 19.1. The van der Waals surface area contributed by atoms with Crippen molar-refractivity contribution in [2.45, 2.75) is 63.6 Å². The zero-order chi connectivity index (χ0) is 16.8. The van der Waals surface area contributed by atoms with E-state index in [2.05, 4.69) is 5.32 Å². The maximum absolute atomic E-state index is 13.5. The molecule has 0 spiro atoms. The fourth-order valence-corrected chi connectivity index (χ4v) is 3.62. The number of amides is 2. The van der Waals surface area contributed by atoms with Gasteiger partial charge < -0.3 is 15.0 Å². The first kappa shape index (κ1) is 17.2. The van der Waals surface area contributed by atoms with Gasteiger partial charge in [-0.25, -0.2) is 9.18 Å². The number of carbonyl (C=O) groups excluding carboxylic acids is 1. The van der Waals surface area contributed by atoms with Gasteiger partial charge in [-0.1, -0.05) is 31.4 Å². The highest BCUT2D eigenvalue weighted by Gasteiger charge is 2.25. The predicted molar refractivity (Wildman–Crippen MR) is 91.2 cm³/mol. The molecule has 2 amide bonds. The number of benzene rings is 1. The molecule has 1 heterocycles. The van der Waals surface area contributed by atoms with E-state index >= 15 is 0 Å². The van der Waals surface area contributed by atoms with Crippen LogP contribution in [-0.2, 0) is 11.3 Å². The Hall–Kier alpha value is -1.62. The van der Waals surface area contributed by atoms with E-state index in [0.717, 1.165) is 37.9 Å². The van der Waals surface area contributed by atoms with Crippen molar-refractivity contribution in [1.82, 2.24) is 10.2 Å². The van der Waals surface area contributed by atoms with Gasteiger partial charge in [0.15, 0.2) is 0 Å². The second-order valence-corrected chi connectivity index (χ2v) is 6.93. The van der Waals surface area contributed by atoms with E-state index < -0.39 is 0 Å². The van der Waals surface area contributed by atoms with Crippen LogP contribution in [0.25, 0.3) is 0 Å². The van der Waals surface area contributed by atoms with Crippen molar-refractivity contribution in [3.8, 4) is 0 Å². The van der Waals surface area contributed by atoms with Gasteiger partial charge in [0.05, 0.1) is 6.10 Å². The van der Waals surface area contributed by atoms with E-state index in [1.54, 1.807) is 11.0 Å². The number of ether oxygens (including phenoxy) is 1. The molecule has 1 atom stereocenters. The normalized spacial score (nSPS) is 21.6. The minimum Gasteiger partial charge on any atom is -0.376 e. The van der Waals surface area contributed by atoms with E-state index in [9.17, 15) is 9.18 Å². The molecule has 1 N–H and O–H groups in total. The van der Waals surface area contributed by atoms with Gasteiger partial charge in [-0.15, -0.1) is 0 Å². The van der Waals surface area contributed by atoms with Crippen molar-refractivity contribution in [2.75, 3.05) is 13.2 Å². The summed E-state index contributed by atoms with van der Waals surface area (Å²) >= 11 is 0. The van der Waals surface area contributed by atoms with Gasteiger partial charge in [0.1, 0.15) is 5.82 Å². The van der Waals surface area contributed by atoms with Crippen molar-refractivity contribution in [2.24, 2.45) is 0 Å². The summed E-state index contributed by atoms with van der Waals surface area (Å²) in [5.41, 5.74) is 0.812. The van der Waals surface area contributed by atoms with Crippen LogP contribution in [-0.4, -0.2) is 36.2 Å². The highest BCUT2D eigenvalue weighted by atomic mass is 19.1. The minimum absolute atomic E-state index is 0.0540. The van der Waals surface area contributed by atoms with E-state index in [0.29, 0.717) is 13.1 Å². The van der Waals surface area contributed by atoms with Crippen molar-refractivity contribution >= 4 is 6.03 Å². The van der Waals surface area contributed by atoms with E-state index in [1.165, 1.54) is 31.4 Å². The summed E-state index contributed by atoms with van der Waals surface area (Å²) in [5.74, 6) is -0.266. The smallest absolute Gasteiger partial charge is 0.318 e. The topological polar surface area (TPSA) is 41.6 Å². The fourth-order valence-electron chi connectivity index (χ4n) is 3.62. The summed E-state index contributed by atoms with van der Waals surface area (Å²) in [6.45, 7) is 1.74. The largest absolute Gasteiger partial charge is 0.376 e. The predicted octanol–water partition coefficient (Wildman–Crippen LogP) is 3.85.